The minimum atomic E-state index is 0.208. The van der Waals surface area contributed by atoms with Crippen molar-refractivity contribution < 1.29 is 0 Å². The summed E-state index contributed by atoms with van der Waals surface area (Å²) in [6, 6.07) is 13.9. The standard InChI is InChI=1S/C13H13N3/c1-11(15-16-8-2-3-9-16)13-6-4-12(10-14)5-7-13/h2-9,11,15H,1H3. The highest BCUT2D eigenvalue weighted by Crippen LogP contribution is 2.14. The smallest absolute Gasteiger partial charge is 0.0991 e. The van der Waals surface area contributed by atoms with Crippen LogP contribution in [0.5, 0.6) is 0 Å². The minimum absolute atomic E-state index is 0.208. The first-order chi connectivity index (χ1) is 7.79. The molecule has 0 fully saturated rings. The van der Waals surface area contributed by atoms with E-state index < -0.39 is 0 Å². The molecule has 1 aromatic carbocycles. The van der Waals surface area contributed by atoms with Crippen LogP contribution in [0.1, 0.15) is 24.1 Å². The first kappa shape index (κ1) is 10.3. The van der Waals surface area contributed by atoms with Crippen LogP contribution in [-0.4, -0.2) is 4.68 Å². The Hall–Kier alpha value is -2.21. The van der Waals surface area contributed by atoms with Crippen LogP contribution in [0.25, 0.3) is 0 Å². The quantitative estimate of drug-likeness (QED) is 0.847. The lowest BCUT2D eigenvalue weighted by Crippen LogP contribution is -2.16. The molecule has 16 heavy (non-hydrogen) atoms. The maximum atomic E-state index is 8.70. The third-order valence-corrected chi connectivity index (χ3v) is 2.49. The Morgan fingerprint density at radius 1 is 1.19 bits per heavy atom. The number of hydrogen-bond acceptors (Lipinski definition) is 2. The normalized spacial score (nSPS) is 11.8. The molecule has 0 saturated carbocycles. The zero-order valence-electron chi connectivity index (χ0n) is 9.09. The number of nitrogens with zero attached hydrogens (tertiary/aromatic N) is 2. The van der Waals surface area contributed by atoms with E-state index >= 15 is 0 Å². The lowest BCUT2D eigenvalue weighted by atomic mass is 10.1. The van der Waals surface area contributed by atoms with Crippen LogP contribution in [0, 0.1) is 11.3 Å². The molecule has 0 aliphatic carbocycles. The molecule has 0 spiro atoms. The molecule has 1 N–H and O–H groups in total. The highest BCUT2D eigenvalue weighted by molar-refractivity contribution is 5.33. The van der Waals surface area contributed by atoms with E-state index in [0.29, 0.717) is 5.56 Å². The van der Waals surface area contributed by atoms with E-state index in [4.69, 9.17) is 5.26 Å². The fourth-order valence-electron chi connectivity index (χ4n) is 1.57. The van der Waals surface area contributed by atoms with Gasteiger partial charge in [-0.2, -0.15) is 5.26 Å². The molecule has 1 unspecified atom stereocenters. The van der Waals surface area contributed by atoms with Crippen molar-refractivity contribution in [3.05, 3.63) is 59.9 Å². The summed E-state index contributed by atoms with van der Waals surface area (Å²) >= 11 is 0. The Morgan fingerprint density at radius 3 is 2.38 bits per heavy atom. The highest BCUT2D eigenvalue weighted by atomic mass is 15.4. The predicted molar refractivity (Wildman–Crippen MR) is 63.4 cm³/mol. The molecule has 0 aliphatic rings. The Kier molecular flexibility index (Phi) is 2.93. The van der Waals surface area contributed by atoms with Crippen molar-refractivity contribution in [3.63, 3.8) is 0 Å². The predicted octanol–water partition coefficient (Wildman–Crippen LogP) is 2.66. The second kappa shape index (κ2) is 4.54. The van der Waals surface area contributed by atoms with Gasteiger partial charge in [0.15, 0.2) is 0 Å². The van der Waals surface area contributed by atoms with Gasteiger partial charge in [0.2, 0.25) is 0 Å². The topological polar surface area (TPSA) is 40.8 Å². The van der Waals surface area contributed by atoms with Crippen LogP contribution in [0.15, 0.2) is 48.8 Å². The molecule has 1 heterocycles. The summed E-state index contributed by atoms with van der Waals surface area (Å²) in [4.78, 5) is 0. The molecule has 80 valence electrons. The zero-order valence-corrected chi connectivity index (χ0v) is 9.09. The van der Waals surface area contributed by atoms with E-state index in [1.165, 1.54) is 0 Å². The molecule has 0 aliphatic heterocycles. The summed E-state index contributed by atoms with van der Waals surface area (Å²) in [6.45, 7) is 2.08. The number of rotatable bonds is 3. The van der Waals surface area contributed by atoms with Gasteiger partial charge in [0.1, 0.15) is 0 Å². The highest BCUT2D eigenvalue weighted by Gasteiger charge is 2.04. The Morgan fingerprint density at radius 2 is 1.81 bits per heavy atom. The van der Waals surface area contributed by atoms with Crippen LogP contribution >= 0.6 is 0 Å². The summed E-state index contributed by atoms with van der Waals surface area (Å²) in [7, 11) is 0. The van der Waals surface area contributed by atoms with Gasteiger partial charge < -0.3 is 5.43 Å². The van der Waals surface area contributed by atoms with Crippen molar-refractivity contribution in [1.29, 1.82) is 5.26 Å². The van der Waals surface area contributed by atoms with Crippen LogP contribution in [-0.2, 0) is 0 Å². The molecule has 0 saturated heterocycles. The van der Waals surface area contributed by atoms with Crippen molar-refractivity contribution in [3.8, 4) is 6.07 Å². The van der Waals surface area contributed by atoms with Gasteiger partial charge in [-0.05, 0) is 36.8 Å². The third-order valence-electron chi connectivity index (χ3n) is 2.49. The van der Waals surface area contributed by atoms with Crippen molar-refractivity contribution in [2.75, 3.05) is 5.43 Å². The lowest BCUT2D eigenvalue weighted by Gasteiger charge is -2.16. The largest absolute Gasteiger partial charge is 0.319 e. The molecule has 0 amide bonds. The van der Waals surface area contributed by atoms with Gasteiger partial charge in [-0.3, -0.25) is 4.68 Å². The van der Waals surface area contributed by atoms with Crippen molar-refractivity contribution in [1.82, 2.24) is 4.68 Å². The molecule has 3 nitrogen and oxygen atoms in total. The van der Waals surface area contributed by atoms with Crippen LogP contribution in [0.2, 0.25) is 0 Å². The third kappa shape index (κ3) is 2.23. The van der Waals surface area contributed by atoms with Gasteiger partial charge >= 0.3 is 0 Å². The molecule has 1 atom stereocenters. The van der Waals surface area contributed by atoms with Crippen LogP contribution in [0.4, 0.5) is 0 Å². The van der Waals surface area contributed by atoms with Gasteiger partial charge in [-0.15, -0.1) is 0 Å². The first-order valence-corrected chi connectivity index (χ1v) is 5.19. The van der Waals surface area contributed by atoms with Crippen molar-refractivity contribution in [2.24, 2.45) is 0 Å². The van der Waals surface area contributed by atoms with E-state index in [9.17, 15) is 0 Å². The van der Waals surface area contributed by atoms with E-state index in [-0.39, 0.29) is 6.04 Å². The number of nitriles is 1. The first-order valence-electron chi connectivity index (χ1n) is 5.19. The fourth-order valence-corrected chi connectivity index (χ4v) is 1.57. The lowest BCUT2D eigenvalue weighted by molar-refractivity contribution is 0.728. The molecule has 3 heteroatoms. The Bertz CT molecular complexity index is 477. The average Bonchev–Trinajstić information content (AvgIpc) is 2.82. The average molecular weight is 211 g/mol. The maximum Gasteiger partial charge on any atom is 0.0991 e. The number of aromatic nitrogens is 1. The van der Waals surface area contributed by atoms with Gasteiger partial charge in [0, 0.05) is 12.4 Å². The van der Waals surface area contributed by atoms with Crippen LogP contribution in [0.3, 0.4) is 0 Å². The molecule has 2 rings (SSSR count). The summed E-state index contributed by atoms with van der Waals surface area (Å²) in [5.41, 5.74) is 5.16. The Labute approximate surface area is 94.9 Å². The Balaban J connectivity index is 2.09. The monoisotopic (exact) mass is 211 g/mol. The van der Waals surface area contributed by atoms with Crippen LogP contribution < -0.4 is 5.43 Å². The molecular weight excluding hydrogens is 198 g/mol. The molecule has 0 radical (unpaired) electrons. The minimum Gasteiger partial charge on any atom is -0.319 e. The number of hydrogen-bond donors (Lipinski definition) is 1. The second-order valence-electron chi connectivity index (χ2n) is 3.67. The van der Waals surface area contributed by atoms with Crippen molar-refractivity contribution >= 4 is 0 Å². The van der Waals surface area contributed by atoms with E-state index in [2.05, 4.69) is 18.4 Å². The van der Waals surface area contributed by atoms with Gasteiger partial charge in [-0.25, -0.2) is 0 Å². The second-order valence-corrected chi connectivity index (χ2v) is 3.67. The number of benzene rings is 1. The van der Waals surface area contributed by atoms with E-state index in [0.717, 1.165) is 5.56 Å². The van der Waals surface area contributed by atoms with E-state index in [1.54, 1.807) is 0 Å². The summed E-state index contributed by atoms with van der Waals surface area (Å²) < 4.78 is 1.92. The number of nitrogens with one attached hydrogen (secondary N) is 1. The molecule has 0 bridgehead atoms. The summed E-state index contributed by atoms with van der Waals surface area (Å²) in [6.07, 6.45) is 3.92. The van der Waals surface area contributed by atoms with E-state index in [1.807, 2.05) is 53.5 Å². The SMILES string of the molecule is CC(Nn1cccc1)c1ccc(C#N)cc1. The summed E-state index contributed by atoms with van der Waals surface area (Å²) in [5.74, 6) is 0. The van der Waals surface area contributed by atoms with Crippen molar-refractivity contribution in [2.45, 2.75) is 13.0 Å². The van der Waals surface area contributed by atoms with Gasteiger partial charge in [0.25, 0.3) is 0 Å². The fraction of sp³-hybridized carbons (Fsp3) is 0.154. The maximum absolute atomic E-state index is 8.70. The molecule has 2 aromatic rings. The summed E-state index contributed by atoms with van der Waals surface area (Å²) in [5, 5.41) is 8.70. The van der Waals surface area contributed by atoms with Gasteiger partial charge in [0.05, 0.1) is 17.7 Å². The zero-order chi connectivity index (χ0) is 11.4. The molecule has 1 aromatic heterocycles. The van der Waals surface area contributed by atoms with Gasteiger partial charge in [-0.1, -0.05) is 12.1 Å². The molecular formula is C13H13N3.